The Balaban J connectivity index is 2.82. The summed E-state index contributed by atoms with van der Waals surface area (Å²) in [6.07, 6.45) is 1.12. The molecule has 0 aromatic heterocycles. The monoisotopic (exact) mass is 174 g/mol. The van der Waals surface area contributed by atoms with Crippen LogP contribution in [0.25, 0.3) is 0 Å². The van der Waals surface area contributed by atoms with Crippen molar-refractivity contribution >= 4 is 0 Å². The maximum absolute atomic E-state index is 5.40. The van der Waals surface area contributed by atoms with Crippen molar-refractivity contribution in [2.75, 3.05) is 46.9 Å². The van der Waals surface area contributed by atoms with Crippen LogP contribution in [0.5, 0.6) is 0 Å². The molecule has 0 radical (unpaired) electrons. The molecular weight excluding hydrogens is 152 g/mol. The van der Waals surface area contributed by atoms with Crippen LogP contribution in [0.15, 0.2) is 0 Å². The van der Waals surface area contributed by atoms with Gasteiger partial charge in [-0.25, -0.2) is 0 Å². The summed E-state index contributed by atoms with van der Waals surface area (Å²) in [7, 11) is 4.16. The number of nitrogens with one attached hydrogen (secondary N) is 1. The van der Waals surface area contributed by atoms with Gasteiger partial charge in [0.1, 0.15) is 0 Å². The Morgan fingerprint density at radius 3 is 2.58 bits per heavy atom. The van der Waals surface area contributed by atoms with Crippen molar-refractivity contribution < 1.29 is 4.74 Å². The zero-order chi connectivity index (χ0) is 9.23. The predicted octanol–water partition coefficient (Wildman–Crippen LogP) is 0.564. The molecule has 0 aliphatic heterocycles. The summed E-state index contributed by atoms with van der Waals surface area (Å²) < 4.78 is 5.40. The number of likely N-dealkylation sites (N-methyl/N-ethyl adjacent to an activating group) is 1. The molecule has 0 saturated heterocycles. The van der Waals surface area contributed by atoms with Gasteiger partial charge in [0, 0.05) is 13.2 Å². The average molecular weight is 174 g/mol. The predicted molar refractivity (Wildman–Crippen MR) is 52.5 cm³/mol. The summed E-state index contributed by atoms with van der Waals surface area (Å²) in [6, 6.07) is 0. The summed E-state index contributed by atoms with van der Waals surface area (Å²) in [5.74, 6) is 0. The second-order valence-corrected chi connectivity index (χ2v) is 3.12. The summed E-state index contributed by atoms with van der Waals surface area (Å²) in [4.78, 5) is 2.17. The molecule has 3 nitrogen and oxygen atoms in total. The molecule has 0 spiro atoms. The van der Waals surface area contributed by atoms with E-state index in [0.29, 0.717) is 0 Å². The molecule has 0 fully saturated rings. The van der Waals surface area contributed by atoms with E-state index in [1.54, 1.807) is 0 Å². The van der Waals surface area contributed by atoms with Gasteiger partial charge in [-0.2, -0.15) is 0 Å². The highest BCUT2D eigenvalue weighted by molar-refractivity contribution is 4.44. The Labute approximate surface area is 76.1 Å². The van der Waals surface area contributed by atoms with Gasteiger partial charge in [0.2, 0.25) is 0 Å². The topological polar surface area (TPSA) is 24.5 Å². The van der Waals surface area contributed by atoms with Crippen molar-refractivity contribution in [2.24, 2.45) is 0 Å². The van der Waals surface area contributed by atoms with Crippen LogP contribution in [-0.4, -0.2) is 51.8 Å². The first-order chi connectivity index (χ1) is 5.77. The third kappa shape index (κ3) is 9.88. The van der Waals surface area contributed by atoms with E-state index in [1.165, 1.54) is 0 Å². The number of ether oxygens (including phenoxy) is 1. The lowest BCUT2D eigenvalue weighted by molar-refractivity contribution is 0.128. The number of nitrogens with zero attached hydrogens (tertiary/aromatic N) is 1. The van der Waals surface area contributed by atoms with E-state index in [4.69, 9.17) is 4.74 Å². The molecule has 0 bridgehead atoms. The van der Waals surface area contributed by atoms with Crippen LogP contribution in [0.3, 0.4) is 0 Å². The molecule has 0 aliphatic rings. The van der Waals surface area contributed by atoms with Crippen LogP contribution in [-0.2, 0) is 4.74 Å². The van der Waals surface area contributed by atoms with Crippen molar-refractivity contribution in [1.29, 1.82) is 0 Å². The highest BCUT2D eigenvalue weighted by atomic mass is 16.5. The van der Waals surface area contributed by atoms with E-state index in [2.05, 4.69) is 31.2 Å². The van der Waals surface area contributed by atoms with Gasteiger partial charge in [-0.05, 0) is 33.6 Å². The molecule has 12 heavy (non-hydrogen) atoms. The van der Waals surface area contributed by atoms with Crippen LogP contribution in [0.2, 0.25) is 0 Å². The van der Waals surface area contributed by atoms with E-state index in [-0.39, 0.29) is 0 Å². The van der Waals surface area contributed by atoms with E-state index < -0.39 is 0 Å². The lowest BCUT2D eigenvalue weighted by atomic mass is 10.4. The highest BCUT2D eigenvalue weighted by Crippen LogP contribution is 1.84. The van der Waals surface area contributed by atoms with Crippen molar-refractivity contribution in [3.63, 3.8) is 0 Å². The fourth-order valence-corrected chi connectivity index (χ4v) is 0.906. The molecule has 0 atom stereocenters. The minimum atomic E-state index is 0.835. The molecule has 74 valence electrons. The van der Waals surface area contributed by atoms with Crippen LogP contribution in [0, 0.1) is 0 Å². The van der Waals surface area contributed by atoms with Gasteiger partial charge in [-0.15, -0.1) is 0 Å². The zero-order valence-electron chi connectivity index (χ0n) is 8.60. The smallest absolute Gasteiger partial charge is 0.0590 e. The van der Waals surface area contributed by atoms with E-state index in [9.17, 15) is 0 Å². The van der Waals surface area contributed by atoms with Gasteiger partial charge in [0.15, 0.2) is 0 Å². The van der Waals surface area contributed by atoms with Crippen molar-refractivity contribution in [1.82, 2.24) is 10.2 Å². The number of rotatable bonds is 8. The molecule has 0 aliphatic carbocycles. The Kier molecular flexibility index (Phi) is 8.88. The fraction of sp³-hybridized carbons (Fsp3) is 1.00. The summed E-state index contributed by atoms with van der Waals surface area (Å²) in [6.45, 7) is 6.93. The van der Waals surface area contributed by atoms with E-state index in [0.717, 1.165) is 39.3 Å². The van der Waals surface area contributed by atoms with E-state index in [1.807, 2.05) is 0 Å². The molecule has 0 saturated carbocycles. The number of hydrogen-bond acceptors (Lipinski definition) is 3. The van der Waals surface area contributed by atoms with Crippen molar-refractivity contribution in [3.05, 3.63) is 0 Å². The Bertz CT molecular complexity index is 86.6. The molecule has 0 amide bonds. The molecule has 0 aromatic rings. The molecule has 0 aromatic carbocycles. The van der Waals surface area contributed by atoms with Crippen molar-refractivity contribution in [3.8, 4) is 0 Å². The lowest BCUT2D eigenvalue weighted by Crippen LogP contribution is -2.20. The quantitative estimate of drug-likeness (QED) is 0.544. The molecule has 0 heterocycles. The van der Waals surface area contributed by atoms with Gasteiger partial charge in [0.25, 0.3) is 0 Å². The van der Waals surface area contributed by atoms with Crippen molar-refractivity contribution in [2.45, 2.75) is 13.3 Å². The van der Waals surface area contributed by atoms with Gasteiger partial charge in [-0.3, -0.25) is 0 Å². The molecule has 0 rings (SSSR count). The summed E-state index contributed by atoms with van der Waals surface area (Å²) in [5, 5.41) is 3.21. The molecule has 0 unspecified atom stereocenters. The second-order valence-electron chi connectivity index (χ2n) is 3.12. The Morgan fingerprint density at radius 2 is 2.00 bits per heavy atom. The Morgan fingerprint density at radius 1 is 1.25 bits per heavy atom. The fourth-order valence-electron chi connectivity index (χ4n) is 0.906. The average Bonchev–Trinajstić information content (AvgIpc) is 2.02. The minimum Gasteiger partial charge on any atom is -0.380 e. The third-order valence-electron chi connectivity index (χ3n) is 1.57. The zero-order valence-corrected chi connectivity index (χ0v) is 8.60. The maximum atomic E-state index is 5.40. The highest BCUT2D eigenvalue weighted by Gasteiger charge is 1.90. The summed E-state index contributed by atoms with van der Waals surface area (Å²) in [5.41, 5.74) is 0. The lowest BCUT2D eigenvalue weighted by Gasteiger charge is -2.09. The second kappa shape index (κ2) is 8.97. The first-order valence-corrected chi connectivity index (χ1v) is 4.70. The van der Waals surface area contributed by atoms with Gasteiger partial charge < -0.3 is 15.0 Å². The van der Waals surface area contributed by atoms with Crippen LogP contribution >= 0.6 is 0 Å². The van der Waals surface area contributed by atoms with Gasteiger partial charge in [0.05, 0.1) is 6.61 Å². The Hall–Kier alpha value is -0.120. The minimum absolute atomic E-state index is 0.835. The molecular formula is C9H22N2O. The summed E-state index contributed by atoms with van der Waals surface area (Å²) >= 11 is 0. The maximum Gasteiger partial charge on any atom is 0.0590 e. The van der Waals surface area contributed by atoms with Crippen LogP contribution < -0.4 is 5.32 Å². The standard InChI is InChI=1S/C9H22N2O/c1-4-10-6-9-12-8-5-7-11(2)3/h10H,4-9H2,1-3H3. The van der Waals surface area contributed by atoms with Crippen LogP contribution in [0.1, 0.15) is 13.3 Å². The largest absolute Gasteiger partial charge is 0.380 e. The normalized spacial score (nSPS) is 11.0. The van der Waals surface area contributed by atoms with Crippen LogP contribution in [0.4, 0.5) is 0 Å². The third-order valence-corrected chi connectivity index (χ3v) is 1.57. The molecule has 3 heteroatoms. The first-order valence-electron chi connectivity index (χ1n) is 4.70. The first kappa shape index (κ1) is 11.9. The van der Waals surface area contributed by atoms with Gasteiger partial charge >= 0.3 is 0 Å². The van der Waals surface area contributed by atoms with E-state index >= 15 is 0 Å². The van der Waals surface area contributed by atoms with Gasteiger partial charge in [-0.1, -0.05) is 6.92 Å². The number of hydrogen-bond donors (Lipinski definition) is 1. The SMILES string of the molecule is CCNCCOCCCN(C)C. The molecule has 1 N–H and O–H groups in total.